The zero-order chi connectivity index (χ0) is 10.6. The average molecular weight is 186 g/mol. The Morgan fingerprint density at radius 2 is 1.17 bits per heavy atom. The molecule has 0 fully saturated rings. The summed E-state index contributed by atoms with van der Waals surface area (Å²) in [4.78, 5) is 20.7. The van der Waals surface area contributed by atoms with Gasteiger partial charge in [-0.2, -0.15) is 0 Å². The maximum absolute atomic E-state index is 8.56. The van der Waals surface area contributed by atoms with Gasteiger partial charge in [0, 0.05) is 0 Å². The molecule has 0 aliphatic rings. The highest BCUT2D eigenvalue weighted by molar-refractivity contribution is 5.53. The molecule has 0 rings (SSSR count). The van der Waals surface area contributed by atoms with Crippen molar-refractivity contribution in [2.75, 3.05) is 6.61 Å². The Morgan fingerprint density at radius 3 is 1.17 bits per heavy atom. The van der Waals surface area contributed by atoms with E-state index >= 15 is 0 Å². The molecule has 0 aromatic carbocycles. The van der Waals surface area contributed by atoms with E-state index in [1.54, 1.807) is 6.92 Å². The molecule has 0 aromatic heterocycles. The molecule has 0 aliphatic heterocycles. The van der Waals surface area contributed by atoms with Crippen molar-refractivity contribution in [3.8, 4) is 0 Å². The van der Waals surface area contributed by atoms with Gasteiger partial charge in [-0.3, -0.25) is 5.26 Å². The number of rotatable bonds is 1. The summed E-state index contributed by atoms with van der Waals surface area (Å²) in [6.07, 6.45) is -3.67. The van der Waals surface area contributed by atoms with Crippen molar-refractivity contribution in [2.45, 2.75) is 6.92 Å². The van der Waals surface area contributed by atoms with E-state index in [2.05, 4.69) is 4.89 Å². The molecular weight excluding hydrogens is 176 g/mol. The average Bonchev–Trinajstić information content (AvgIpc) is 1.85. The van der Waals surface area contributed by atoms with Crippen molar-refractivity contribution in [3.63, 3.8) is 0 Å². The Balaban J connectivity index is -0.000000101. The van der Waals surface area contributed by atoms with Crippen LogP contribution < -0.4 is 0 Å². The normalized spacial score (nSPS) is 6.50. The van der Waals surface area contributed by atoms with Crippen LogP contribution in [0.25, 0.3) is 0 Å². The molecule has 0 amide bonds. The molecule has 0 aliphatic carbocycles. The van der Waals surface area contributed by atoms with E-state index in [1.165, 1.54) is 0 Å². The summed E-state index contributed by atoms with van der Waals surface area (Å²) in [5.74, 6) is 0. The second-order valence-corrected chi connectivity index (χ2v) is 0.983. The van der Waals surface area contributed by atoms with Crippen molar-refractivity contribution in [3.05, 3.63) is 0 Å². The molecule has 12 heavy (non-hydrogen) atoms. The van der Waals surface area contributed by atoms with Gasteiger partial charge in [-0.05, 0) is 6.92 Å². The van der Waals surface area contributed by atoms with E-state index in [0.29, 0.717) is 6.61 Å². The third-order valence-corrected chi connectivity index (χ3v) is 0.129. The number of hydrogen-bond acceptors (Lipinski definition) is 4. The second kappa shape index (κ2) is 16.2. The third-order valence-electron chi connectivity index (χ3n) is 0.129. The highest BCUT2D eigenvalue weighted by Crippen LogP contribution is 1.51. The van der Waals surface area contributed by atoms with Crippen molar-refractivity contribution in [1.82, 2.24) is 0 Å². The second-order valence-electron chi connectivity index (χ2n) is 0.983. The molecule has 8 heteroatoms. The fraction of sp³-hybridized carbons (Fsp3) is 0.500. The first kappa shape index (κ1) is 16.8. The lowest BCUT2D eigenvalue weighted by Gasteiger charge is -1.73. The highest BCUT2D eigenvalue weighted by atomic mass is 17.1. The molecule has 74 valence electrons. The molecule has 0 saturated carbocycles. The summed E-state index contributed by atoms with van der Waals surface area (Å²) in [5.41, 5.74) is 0. The molecule has 0 atom stereocenters. The molecule has 8 nitrogen and oxygen atoms in total. The summed E-state index contributed by atoms with van der Waals surface area (Å²) in [6, 6.07) is 0. The first-order valence-corrected chi connectivity index (χ1v) is 2.48. The fourth-order valence-corrected chi connectivity index (χ4v) is 0. The molecule has 5 N–H and O–H groups in total. The quantitative estimate of drug-likeness (QED) is 0.300. The minimum absolute atomic E-state index is 0.375. The van der Waals surface area contributed by atoms with Crippen LogP contribution in [0.4, 0.5) is 9.59 Å². The number of carboxylic acid groups (broad SMARTS) is 4. The van der Waals surface area contributed by atoms with Crippen LogP contribution in [-0.2, 0) is 4.89 Å². The summed E-state index contributed by atoms with van der Waals surface area (Å²) in [7, 11) is 0. The topological polar surface area (TPSA) is 145 Å². The van der Waals surface area contributed by atoms with Gasteiger partial charge in [0.1, 0.15) is 0 Å². The number of carbonyl (C=O) groups is 2. The van der Waals surface area contributed by atoms with Gasteiger partial charge < -0.3 is 20.4 Å². The smallest absolute Gasteiger partial charge is 0.450 e. The zero-order valence-electron chi connectivity index (χ0n) is 6.17. The fourth-order valence-electron chi connectivity index (χ4n) is 0. The predicted octanol–water partition coefficient (Wildman–Crippen LogP) is 0.941. The molecule has 0 saturated heterocycles. The van der Waals surface area contributed by atoms with Gasteiger partial charge in [0.05, 0.1) is 6.61 Å². The third kappa shape index (κ3) is 1610. The molecule has 0 unspecified atom stereocenters. The van der Waals surface area contributed by atoms with Gasteiger partial charge in [0.15, 0.2) is 0 Å². The predicted molar refractivity (Wildman–Crippen MR) is 35.6 cm³/mol. The summed E-state index contributed by atoms with van der Waals surface area (Å²) in [6.45, 7) is 2.08. The molecule has 0 aromatic rings. The van der Waals surface area contributed by atoms with Crippen LogP contribution in [0.1, 0.15) is 6.92 Å². The molecule has 0 spiro atoms. The van der Waals surface area contributed by atoms with Crippen molar-refractivity contribution < 1.29 is 40.2 Å². The Bertz CT molecular complexity index is 87.6. The minimum Gasteiger partial charge on any atom is -0.450 e. The first-order chi connectivity index (χ1) is 5.38. The van der Waals surface area contributed by atoms with E-state index in [9.17, 15) is 0 Å². The SMILES string of the molecule is CCOO.O=C(O)O.O=C(O)O. The Kier molecular flexibility index (Phi) is 22.7. The van der Waals surface area contributed by atoms with Gasteiger partial charge in [0.2, 0.25) is 0 Å². The lowest BCUT2D eigenvalue weighted by atomic mass is 10.9. The number of hydrogen-bond donors (Lipinski definition) is 5. The van der Waals surface area contributed by atoms with Crippen LogP contribution >= 0.6 is 0 Å². The van der Waals surface area contributed by atoms with Crippen molar-refractivity contribution >= 4 is 12.3 Å². The monoisotopic (exact) mass is 186 g/mol. The summed E-state index contributed by atoms with van der Waals surface area (Å²) >= 11 is 0. The molecule has 0 heterocycles. The van der Waals surface area contributed by atoms with E-state index < -0.39 is 12.3 Å². The van der Waals surface area contributed by atoms with Crippen LogP contribution in [0.15, 0.2) is 0 Å². The Morgan fingerprint density at radius 1 is 1.08 bits per heavy atom. The van der Waals surface area contributed by atoms with Crippen LogP contribution in [0.3, 0.4) is 0 Å². The molecule has 0 radical (unpaired) electrons. The largest absolute Gasteiger partial charge is 0.503 e. The van der Waals surface area contributed by atoms with Gasteiger partial charge in [-0.1, -0.05) is 0 Å². The van der Waals surface area contributed by atoms with Crippen LogP contribution in [-0.4, -0.2) is 44.6 Å². The summed E-state index contributed by atoms with van der Waals surface area (Å²) in [5, 5.41) is 35.3. The molecular formula is C4H10O8. The van der Waals surface area contributed by atoms with E-state index in [-0.39, 0.29) is 0 Å². The summed E-state index contributed by atoms with van der Waals surface area (Å²) < 4.78 is 0. The Hall–Kier alpha value is -1.54. The van der Waals surface area contributed by atoms with E-state index in [0.717, 1.165) is 0 Å². The van der Waals surface area contributed by atoms with Gasteiger partial charge >= 0.3 is 12.3 Å². The van der Waals surface area contributed by atoms with Crippen LogP contribution in [0.2, 0.25) is 0 Å². The lowest BCUT2D eigenvalue weighted by Crippen LogP contribution is -1.81. The van der Waals surface area contributed by atoms with Gasteiger partial charge in [-0.25, -0.2) is 14.5 Å². The maximum Gasteiger partial charge on any atom is 0.503 e. The Labute approximate surface area is 67.2 Å². The standard InChI is InChI=1S/C2H6O2.2CH2O3/c1-2-4-3;2*2-1(3)4/h3H,2H2,1H3;2*(H2,2,3,4). The van der Waals surface area contributed by atoms with Gasteiger partial charge in [0.25, 0.3) is 0 Å². The zero-order valence-corrected chi connectivity index (χ0v) is 6.17. The lowest BCUT2D eigenvalue weighted by molar-refractivity contribution is -0.237. The molecule has 0 bridgehead atoms. The van der Waals surface area contributed by atoms with Crippen LogP contribution in [0.5, 0.6) is 0 Å². The highest BCUT2D eigenvalue weighted by Gasteiger charge is 1.70. The minimum atomic E-state index is -1.83. The van der Waals surface area contributed by atoms with Gasteiger partial charge in [-0.15, -0.1) is 0 Å². The van der Waals surface area contributed by atoms with Crippen LogP contribution in [0, 0.1) is 0 Å². The van der Waals surface area contributed by atoms with E-state index in [4.69, 9.17) is 35.3 Å². The van der Waals surface area contributed by atoms with Crippen molar-refractivity contribution in [2.24, 2.45) is 0 Å². The van der Waals surface area contributed by atoms with E-state index in [1.807, 2.05) is 0 Å². The first-order valence-electron chi connectivity index (χ1n) is 2.48. The maximum atomic E-state index is 8.56. The van der Waals surface area contributed by atoms with Crippen molar-refractivity contribution in [1.29, 1.82) is 0 Å².